The molecule has 0 radical (unpaired) electrons. The normalized spacial score (nSPS) is 10.5. The molecule has 0 saturated heterocycles. The fraction of sp³-hybridized carbons (Fsp3) is 0.308. The summed E-state index contributed by atoms with van der Waals surface area (Å²) < 4.78 is 5.02. The summed E-state index contributed by atoms with van der Waals surface area (Å²) in [6, 6.07) is 7.90. The van der Waals surface area contributed by atoms with Crippen molar-refractivity contribution in [1.82, 2.24) is 10.1 Å². The summed E-state index contributed by atoms with van der Waals surface area (Å²) in [5, 5.41) is 12.4. The van der Waals surface area contributed by atoms with Crippen molar-refractivity contribution in [2.45, 2.75) is 26.2 Å². The monoisotopic (exact) mass is 246 g/mol. The number of carboxylic acids is 1. The quantitative estimate of drug-likeness (QED) is 0.876. The zero-order chi connectivity index (χ0) is 13.0. The average Bonchev–Trinajstić information content (AvgIpc) is 2.85. The third kappa shape index (κ3) is 2.94. The molecule has 0 aliphatic heterocycles. The number of aromatic nitrogens is 2. The highest BCUT2D eigenvalue weighted by Gasteiger charge is 2.10. The van der Waals surface area contributed by atoms with Gasteiger partial charge in [0.25, 0.3) is 0 Å². The van der Waals surface area contributed by atoms with Crippen LogP contribution in [-0.2, 0) is 17.6 Å². The van der Waals surface area contributed by atoms with Crippen molar-refractivity contribution in [2.75, 3.05) is 0 Å². The molecule has 1 N–H and O–H groups in total. The van der Waals surface area contributed by atoms with Gasteiger partial charge in [-0.25, -0.2) is 0 Å². The van der Waals surface area contributed by atoms with Crippen LogP contribution in [0.5, 0.6) is 0 Å². The van der Waals surface area contributed by atoms with Crippen molar-refractivity contribution >= 4 is 5.97 Å². The van der Waals surface area contributed by atoms with Crippen LogP contribution < -0.4 is 0 Å². The lowest BCUT2D eigenvalue weighted by atomic mass is 10.1. The minimum atomic E-state index is -0.872. The number of rotatable bonds is 5. The Hall–Kier alpha value is -2.17. The average molecular weight is 246 g/mol. The molecule has 1 aromatic heterocycles. The molecule has 0 bridgehead atoms. The van der Waals surface area contributed by atoms with Gasteiger partial charge >= 0.3 is 5.97 Å². The summed E-state index contributed by atoms with van der Waals surface area (Å²) in [7, 11) is 0. The highest BCUT2D eigenvalue weighted by molar-refractivity contribution is 5.66. The third-order valence-electron chi connectivity index (χ3n) is 2.61. The number of aryl methyl sites for hydroxylation is 2. The van der Waals surface area contributed by atoms with Crippen LogP contribution >= 0.6 is 0 Å². The lowest BCUT2D eigenvalue weighted by Crippen LogP contribution is -1.97. The van der Waals surface area contributed by atoms with E-state index in [1.807, 2.05) is 24.3 Å². The summed E-state index contributed by atoms with van der Waals surface area (Å²) >= 11 is 0. The smallest absolute Gasteiger partial charge is 0.303 e. The van der Waals surface area contributed by atoms with E-state index in [4.69, 9.17) is 9.63 Å². The van der Waals surface area contributed by atoms with E-state index in [9.17, 15) is 4.79 Å². The molecular formula is C13H14N2O3. The Morgan fingerprint density at radius 2 is 2.28 bits per heavy atom. The molecular weight excluding hydrogens is 232 g/mol. The Bertz CT molecular complexity index is 549. The van der Waals surface area contributed by atoms with Crippen LogP contribution in [0.15, 0.2) is 28.8 Å². The maximum atomic E-state index is 10.4. The van der Waals surface area contributed by atoms with Gasteiger partial charge in [-0.05, 0) is 18.1 Å². The van der Waals surface area contributed by atoms with Gasteiger partial charge in [0.05, 0.1) is 6.42 Å². The van der Waals surface area contributed by atoms with E-state index >= 15 is 0 Å². The highest BCUT2D eigenvalue weighted by Crippen LogP contribution is 2.18. The van der Waals surface area contributed by atoms with Crippen LogP contribution in [0, 0.1) is 0 Å². The van der Waals surface area contributed by atoms with Gasteiger partial charge in [-0.2, -0.15) is 4.98 Å². The highest BCUT2D eigenvalue weighted by atomic mass is 16.5. The first-order valence-electron chi connectivity index (χ1n) is 5.82. The second kappa shape index (κ2) is 5.44. The third-order valence-corrected chi connectivity index (χ3v) is 2.61. The molecule has 0 aliphatic carbocycles. The number of carboxylic acid groups (broad SMARTS) is 1. The van der Waals surface area contributed by atoms with Crippen LogP contribution in [0.2, 0.25) is 0 Å². The standard InChI is InChI=1S/C13H14N2O3/c1-2-9-4-3-5-10(8-9)13-14-11(18-15-13)6-7-12(16)17/h3-5,8H,2,6-7H2,1H3,(H,16,17). The second-order valence-electron chi connectivity index (χ2n) is 3.96. The summed E-state index contributed by atoms with van der Waals surface area (Å²) in [5.41, 5.74) is 2.09. The van der Waals surface area contributed by atoms with Crippen LogP contribution in [-0.4, -0.2) is 21.2 Å². The fourth-order valence-corrected chi connectivity index (χ4v) is 1.62. The molecule has 0 fully saturated rings. The molecule has 0 unspecified atom stereocenters. The Morgan fingerprint density at radius 1 is 1.44 bits per heavy atom. The zero-order valence-electron chi connectivity index (χ0n) is 10.1. The van der Waals surface area contributed by atoms with E-state index in [2.05, 4.69) is 17.1 Å². The molecule has 0 amide bonds. The maximum absolute atomic E-state index is 10.4. The van der Waals surface area contributed by atoms with Crippen molar-refractivity contribution in [3.8, 4) is 11.4 Å². The second-order valence-corrected chi connectivity index (χ2v) is 3.96. The minimum absolute atomic E-state index is 0.00334. The fourth-order valence-electron chi connectivity index (χ4n) is 1.62. The van der Waals surface area contributed by atoms with Crippen LogP contribution in [0.25, 0.3) is 11.4 Å². The lowest BCUT2D eigenvalue weighted by molar-refractivity contribution is -0.137. The van der Waals surface area contributed by atoms with E-state index in [1.165, 1.54) is 5.56 Å². The Labute approximate surface area is 104 Å². The zero-order valence-corrected chi connectivity index (χ0v) is 10.1. The van der Waals surface area contributed by atoms with Gasteiger partial charge in [-0.1, -0.05) is 30.3 Å². The Kier molecular flexibility index (Phi) is 3.72. The largest absolute Gasteiger partial charge is 0.481 e. The predicted molar refractivity (Wildman–Crippen MR) is 65.1 cm³/mol. The minimum Gasteiger partial charge on any atom is -0.481 e. The molecule has 2 rings (SSSR count). The van der Waals surface area contributed by atoms with Crippen molar-refractivity contribution < 1.29 is 14.4 Å². The van der Waals surface area contributed by atoms with E-state index in [1.54, 1.807) is 0 Å². The van der Waals surface area contributed by atoms with Gasteiger partial charge < -0.3 is 9.63 Å². The van der Waals surface area contributed by atoms with Crippen LogP contribution in [0.3, 0.4) is 0 Å². The van der Waals surface area contributed by atoms with E-state index in [0.717, 1.165) is 12.0 Å². The molecule has 0 saturated carbocycles. The van der Waals surface area contributed by atoms with Crippen molar-refractivity contribution in [2.24, 2.45) is 0 Å². The molecule has 0 aliphatic rings. The van der Waals surface area contributed by atoms with E-state index < -0.39 is 5.97 Å². The lowest BCUT2D eigenvalue weighted by Gasteiger charge is -1.98. The predicted octanol–water partition coefficient (Wildman–Crippen LogP) is 2.32. The Morgan fingerprint density at radius 3 is 3.00 bits per heavy atom. The molecule has 18 heavy (non-hydrogen) atoms. The molecule has 5 nitrogen and oxygen atoms in total. The van der Waals surface area contributed by atoms with Gasteiger partial charge in [0.1, 0.15) is 0 Å². The number of aliphatic carboxylic acids is 1. The molecule has 1 aromatic carbocycles. The molecule has 2 aromatic rings. The van der Waals surface area contributed by atoms with E-state index in [0.29, 0.717) is 11.7 Å². The number of hydrogen-bond acceptors (Lipinski definition) is 4. The van der Waals surface area contributed by atoms with Gasteiger partial charge in [-0.3, -0.25) is 4.79 Å². The molecule has 0 atom stereocenters. The summed E-state index contributed by atoms with van der Waals surface area (Å²) in [6.45, 7) is 2.08. The molecule has 0 spiro atoms. The SMILES string of the molecule is CCc1cccc(-c2noc(CCC(=O)O)n2)c1. The summed E-state index contributed by atoms with van der Waals surface area (Å²) in [6.07, 6.45) is 1.20. The van der Waals surface area contributed by atoms with E-state index in [-0.39, 0.29) is 12.8 Å². The first kappa shape index (κ1) is 12.3. The van der Waals surface area contributed by atoms with Crippen molar-refractivity contribution in [3.63, 3.8) is 0 Å². The first-order valence-corrected chi connectivity index (χ1v) is 5.82. The Balaban J connectivity index is 2.15. The number of nitrogens with zero attached hydrogens (tertiary/aromatic N) is 2. The van der Waals surface area contributed by atoms with Crippen molar-refractivity contribution in [1.29, 1.82) is 0 Å². The molecule has 94 valence electrons. The number of carbonyl (C=O) groups is 1. The topological polar surface area (TPSA) is 76.2 Å². The maximum Gasteiger partial charge on any atom is 0.303 e. The van der Waals surface area contributed by atoms with Crippen LogP contribution in [0.1, 0.15) is 24.8 Å². The number of benzene rings is 1. The van der Waals surface area contributed by atoms with Gasteiger partial charge in [0, 0.05) is 12.0 Å². The molecule has 5 heteroatoms. The van der Waals surface area contributed by atoms with Gasteiger partial charge in [0.2, 0.25) is 11.7 Å². The van der Waals surface area contributed by atoms with Crippen LogP contribution in [0.4, 0.5) is 0 Å². The number of hydrogen-bond donors (Lipinski definition) is 1. The van der Waals surface area contributed by atoms with Crippen molar-refractivity contribution in [3.05, 3.63) is 35.7 Å². The molecule has 1 heterocycles. The summed E-state index contributed by atoms with van der Waals surface area (Å²) in [5.74, 6) is -0.0114. The summed E-state index contributed by atoms with van der Waals surface area (Å²) in [4.78, 5) is 14.6. The van der Waals surface area contributed by atoms with Gasteiger partial charge in [-0.15, -0.1) is 0 Å². The van der Waals surface area contributed by atoms with Gasteiger partial charge in [0.15, 0.2) is 0 Å². The first-order chi connectivity index (χ1) is 8.69.